The third-order valence-electron chi connectivity index (χ3n) is 8.55. The zero-order valence-corrected chi connectivity index (χ0v) is 40.4. The van der Waals surface area contributed by atoms with Crippen molar-refractivity contribution in [1.29, 1.82) is 0 Å². The van der Waals surface area contributed by atoms with Crippen LogP contribution in [0.5, 0.6) is 0 Å². The second-order valence-electron chi connectivity index (χ2n) is 11.5. The SMILES string of the molecule is Clc1c(Cl)c(Cl)c2c(c1Cl)-c1nc-2nc2[n-]c(nc3nc(nc4[n-]c(n1)c1c(Cl)c(Cl)c(Cl)c(Cl)c41)-c1c(Cl)c(Cl)c(Cl)c(Cl)c1-3)c1c(Cl)c(Cl)c(Cl)c(Cl)c21.[Cl-].[Mn+3]. The van der Waals surface area contributed by atoms with Crippen LogP contribution in [0, 0.1) is 0 Å². The van der Waals surface area contributed by atoms with Crippen molar-refractivity contribution >= 4 is 230 Å². The maximum atomic E-state index is 6.82. The van der Waals surface area contributed by atoms with Crippen LogP contribution in [0.1, 0.15) is 0 Å². The summed E-state index contributed by atoms with van der Waals surface area (Å²) in [5, 5.41) is -1.06. The molecule has 0 unspecified atom stereocenters. The summed E-state index contributed by atoms with van der Waals surface area (Å²) in [6, 6.07) is 0. The molecule has 2 aliphatic heterocycles. The van der Waals surface area contributed by atoms with Gasteiger partial charge in [0, 0.05) is 66.4 Å². The van der Waals surface area contributed by atoms with E-state index in [-0.39, 0.29) is 200 Å². The number of hydrogen-bond donors (Lipinski definition) is 0. The molecule has 294 valence electrons. The summed E-state index contributed by atoms with van der Waals surface area (Å²) < 4.78 is 0. The normalized spacial score (nSPS) is 11.9. The van der Waals surface area contributed by atoms with Crippen molar-refractivity contribution < 1.29 is 29.5 Å². The largest absolute Gasteiger partial charge is 3.00 e. The fraction of sp³-hybridized carbons (Fsp3) is 0. The van der Waals surface area contributed by atoms with Crippen LogP contribution in [-0.2, 0) is 17.1 Å². The van der Waals surface area contributed by atoms with Gasteiger partial charge in [0.1, 0.15) is 0 Å². The molecule has 0 aliphatic carbocycles. The summed E-state index contributed by atoms with van der Waals surface area (Å²) >= 11 is 107. The molecule has 0 atom stereocenters. The first-order chi connectivity index (χ1) is 26.4. The Morgan fingerprint density at radius 2 is 0.414 bits per heavy atom. The standard InChI is InChI=1S/C32Cl16N8.ClH.Mn/c33-9-1-2(10(34)18(42)17(9)41)26-49-25(1)53-27-3-4(12(36)20(44)19(43)11(3)35)29(50-27)55-31-7-8(16(40)24(48)23(47)15(7)39)32(52-31)56-30-6-5(28(51-30)54-26)13(37)21(45)22(46)14(6)38;;/h;1H;/q-2;;+3/p-1. The molecular formula is C32Cl17MnN8. The molecule has 0 saturated carbocycles. The summed E-state index contributed by atoms with van der Waals surface area (Å²) in [6.45, 7) is 0. The molecule has 7 aromatic rings. The van der Waals surface area contributed by atoms with E-state index in [9.17, 15) is 0 Å². The molecule has 0 fully saturated rings. The quantitative estimate of drug-likeness (QED) is 0.0840. The zero-order valence-electron chi connectivity index (χ0n) is 26.4. The topological polar surface area (TPSA) is 106 Å². The van der Waals surface area contributed by atoms with Gasteiger partial charge in [0.25, 0.3) is 0 Å². The van der Waals surface area contributed by atoms with E-state index in [1.54, 1.807) is 0 Å². The van der Waals surface area contributed by atoms with Crippen LogP contribution in [0.25, 0.3) is 89.7 Å². The average Bonchev–Trinajstić information content (AvgIpc) is 3.92. The molecule has 0 amide bonds. The monoisotopic (exact) mass is 1150 g/mol. The number of halogens is 17. The Morgan fingerprint density at radius 1 is 0.241 bits per heavy atom. The molecule has 8 bridgehead atoms. The molecular weight excluding hydrogens is 1150 g/mol. The molecule has 2 aliphatic rings. The molecule has 0 radical (unpaired) electrons. The Morgan fingerprint density at radius 3 is 0.603 bits per heavy atom. The van der Waals surface area contributed by atoms with E-state index >= 15 is 0 Å². The first kappa shape index (κ1) is 45.7. The maximum absolute atomic E-state index is 6.82. The van der Waals surface area contributed by atoms with Crippen molar-refractivity contribution in [3.8, 4) is 45.6 Å². The molecule has 8 nitrogen and oxygen atoms in total. The first-order valence-corrected chi connectivity index (χ1v) is 20.6. The van der Waals surface area contributed by atoms with Crippen molar-refractivity contribution in [1.82, 2.24) is 39.9 Å². The Kier molecular flexibility index (Phi) is 12.9. The van der Waals surface area contributed by atoms with Crippen molar-refractivity contribution in [2.45, 2.75) is 0 Å². The van der Waals surface area contributed by atoms with Crippen molar-refractivity contribution in [3.63, 3.8) is 0 Å². The third kappa shape index (κ3) is 6.53. The fourth-order valence-corrected chi connectivity index (χ4v) is 10.2. The van der Waals surface area contributed by atoms with Gasteiger partial charge in [-0.2, -0.15) is 0 Å². The van der Waals surface area contributed by atoms with E-state index in [1.807, 2.05) is 0 Å². The van der Waals surface area contributed by atoms with Gasteiger partial charge in [-0.25, -0.2) is 9.97 Å². The maximum Gasteiger partial charge on any atom is 3.00 e. The molecule has 4 aromatic carbocycles. The van der Waals surface area contributed by atoms with Crippen LogP contribution in [-0.4, -0.2) is 29.9 Å². The van der Waals surface area contributed by atoms with Gasteiger partial charge in [-0.15, -0.1) is 0 Å². The van der Waals surface area contributed by atoms with E-state index < -0.39 is 0 Å². The van der Waals surface area contributed by atoms with Crippen LogP contribution in [0.15, 0.2) is 0 Å². The van der Waals surface area contributed by atoms with Crippen LogP contribution >= 0.6 is 186 Å². The molecule has 5 heterocycles. The summed E-state index contributed by atoms with van der Waals surface area (Å²) in [7, 11) is 0. The minimum Gasteiger partial charge on any atom is -1.00 e. The van der Waals surface area contributed by atoms with E-state index in [2.05, 4.69) is 19.9 Å². The van der Waals surface area contributed by atoms with Gasteiger partial charge in [-0.1, -0.05) is 186 Å². The van der Waals surface area contributed by atoms with Crippen molar-refractivity contribution in [2.24, 2.45) is 0 Å². The molecule has 0 spiro atoms. The number of rotatable bonds is 0. The Bertz CT molecular complexity index is 2830. The van der Waals surface area contributed by atoms with Crippen LogP contribution in [0.4, 0.5) is 0 Å². The average molecular weight is 1150 g/mol. The molecule has 3 aromatic heterocycles. The van der Waals surface area contributed by atoms with Crippen LogP contribution in [0.3, 0.4) is 0 Å². The van der Waals surface area contributed by atoms with Gasteiger partial charge in [-0.3, -0.25) is 0 Å². The minimum absolute atomic E-state index is 0. The van der Waals surface area contributed by atoms with Crippen molar-refractivity contribution in [3.05, 3.63) is 80.4 Å². The first-order valence-electron chi connectivity index (χ1n) is 14.6. The van der Waals surface area contributed by atoms with E-state index in [4.69, 9.17) is 206 Å². The van der Waals surface area contributed by atoms with Crippen LogP contribution in [0.2, 0.25) is 80.4 Å². The molecule has 9 rings (SSSR count). The molecule has 0 saturated heterocycles. The van der Waals surface area contributed by atoms with E-state index in [1.165, 1.54) is 0 Å². The smallest absolute Gasteiger partial charge is 1.00 e. The van der Waals surface area contributed by atoms with Gasteiger partial charge < -0.3 is 42.3 Å². The zero-order chi connectivity index (χ0) is 40.1. The van der Waals surface area contributed by atoms with Crippen LogP contribution < -0.4 is 22.4 Å². The van der Waals surface area contributed by atoms with Gasteiger partial charge in [0.2, 0.25) is 0 Å². The number of nitrogens with zero attached hydrogens (tertiary/aromatic N) is 8. The van der Waals surface area contributed by atoms with Gasteiger partial charge in [0.15, 0.2) is 0 Å². The summed E-state index contributed by atoms with van der Waals surface area (Å²) in [5.41, 5.74) is -0.000693. The Balaban J connectivity index is 0.00000256. The molecule has 0 N–H and O–H groups in total. The fourth-order valence-electron chi connectivity index (χ4n) is 6.10. The van der Waals surface area contributed by atoms with E-state index in [0.717, 1.165) is 0 Å². The number of fused-ring (bicyclic) bond motifs is 20. The second-order valence-corrected chi connectivity index (χ2v) is 17.6. The predicted octanol–water partition coefficient (Wildman–Crippen LogP) is 13.6. The second kappa shape index (κ2) is 16.4. The number of hydrogen-bond acceptors (Lipinski definition) is 6. The summed E-state index contributed by atoms with van der Waals surface area (Å²) in [6.07, 6.45) is 0. The van der Waals surface area contributed by atoms with Crippen molar-refractivity contribution in [2.75, 3.05) is 0 Å². The number of aromatic nitrogens is 8. The third-order valence-corrected chi connectivity index (χ3v) is 15.8. The minimum atomic E-state index is -0.109. The summed E-state index contributed by atoms with van der Waals surface area (Å²) in [5.74, 6) is -0.437. The summed E-state index contributed by atoms with van der Waals surface area (Å²) in [4.78, 5) is 37.7. The molecule has 58 heavy (non-hydrogen) atoms. The van der Waals surface area contributed by atoms with Gasteiger partial charge >= 0.3 is 17.1 Å². The Labute approximate surface area is 420 Å². The Hall–Kier alpha value is -0.311. The van der Waals surface area contributed by atoms with Gasteiger partial charge in [-0.05, 0) is 0 Å². The van der Waals surface area contributed by atoms with E-state index in [0.29, 0.717) is 0 Å². The number of benzene rings is 4. The van der Waals surface area contributed by atoms with Gasteiger partial charge in [0.05, 0.1) is 104 Å². The predicted molar refractivity (Wildman–Crippen MR) is 234 cm³/mol. The molecule has 26 heteroatoms.